The Morgan fingerprint density at radius 3 is 2.80 bits per heavy atom. The Hall–Kier alpha value is -0.640. The number of rotatable bonds is 6. The van der Waals surface area contributed by atoms with Crippen molar-refractivity contribution < 1.29 is 9.84 Å². The maximum Gasteiger partial charge on any atom is 0.0871 e. The molecule has 0 saturated carbocycles. The van der Waals surface area contributed by atoms with Crippen LogP contribution < -0.4 is 0 Å². The van der Waals surface area contributed by atoms with E-state index in [0.717, 1.165) is 16.5 Å². The largest absolute Gasteiger partial charge is 0.394 e. The first-order valence-electron chi connectivity index (χ1n) is 4.87. The van der Waals surface area contributed by atoms with Gasteiger partial charge in [-0.1, -0.05) is 40.2 Å². The molecule has 3 heteroatoms. The standard InChI is InChI=1S/C12H15BrO2/c1-2-5-12(15-9-8-14)10-6-3-4-7-11(10)13/h2-4,6-7,12,14H,1,5,8-9H2. The van der Waals surface area contributed by atoms with Gasteiger partial charge in [0.15, 0.2) is 0 Å². The Labute approximate surface area is 98.7 Å². The maximum absolute atomic E-state index is 8.74. The van der Waals surface area contributed by atoms with Crippen molar-refractivity contribution >= 4 is 15.9 Å². The van der Waals surface area contributed by atoms with E-state index in [0.29, 0.717) is 6.61 Å². The van der Waals surface area contributed by atoms with E-state index in [1.165, 1.54) is 0 Å². The van der Waals surface area contributed by atoms with Crippen LogP contribution in [0.3, 0.4) is 0 Å². The highest BCUT2D eigenvalue weighted by atomic mass is 79.9. The zero-order valence-corrected chi connectivity index (χ0v) is 10.1. The zero-order chi connectivity index (χ0) is 11.1. The number of halogens is 1. The lowest BCUT2D eigenvalue weighted by molar-refractivity contribution is 0.0292. The van der Waals surface area contributed by atoms with Gasteiger partial charge in [-0.15, -0.1) is 6.58 Å². The van der Waals surface area contributed by atoms with Crippen molar-refractivity contribution in [2.24, 2.45) is 0 Å². The topological polar surface area (TPSA) is 29.5 Å². The quantitative estimate of drug-likeness (QED) is 0.806. The van der Waals surface area contributed by atoms with Crippen molar-refractivity contribution in [2.75, 3.05) is 13.2 Å². The van der Waals surface area contributed by atoms with E-state index < -0.39 is 0 Å². The van der Waals surface area contributed by atoms with E-state index in [4.69, 9.17) is 9.84 Å². The second kappa shape index (κ2) is 6.77. The van der Waals surface area contributed by atoms with E-state index in [2.05, 4.69) is 22.5 Å². The van der Waals surface area contributed by atoms with Crippen LogP contribution in [0.5, 0.6) is 0 Å². The van der Waals surface area contributed by atoms with Crippen LogP contribution in [0.2, 0.25) is 0 Å². The molecule has 0 aliphatic carbocycles. The summed E-state index contributed by atoms with van der Waals surface area (Å²) in [5.74, 6) is 0. The molecule has 1 N–H and O–H groups in total. The molecule has 0 amide bonds. The van der Waals surface area contributed by atoms with Crippen molar-refractivity contribution in [3.63, 3.8) is 0 Å². The van der Waals surface area contributed by atoms with Gasteiger partial charge in [0.05, 0.1) is 19.3 Å². The monoisotopic (exact) mass is 270 g/mol. The molecule has 1 atom stereocenters. The molecule has 1 aromatic rings. The molecule has 0 aliphatic rings. The van der Waals surface area contributed by atoms with Gasteiger partial charge in [-0.05, 0) is 18.1 Å². The highest BCUT2D eigenvalue weighted by Gasteiger charge is 2.12. The molecule has 0 spiro atoms. The summed E-state index contributed by atoms with van der Waals surface area (Å²) in [6.45, 7) is 4.09. The molecule has 0 saturated heterocycles. The van der Waals surface area contributed by atoms with Gasteiger partial charge in [-0.2, -0.15) is 0 Å². The molecule has 0 radical (unpaired) electrons. The lowest BCUT2D eigenvalue weighted by Gasteiger charge is -2.17. The van der Waals surface area contributed by atoms with Crippen molar-refractivity contribution in [1.29, 1.82) is 0 Å². The minimum Gasteiger partial charge on any atom is -0.394 e. The van der Waals surface area contributed by atoms with Gasteiger partial charge < -0.3 is 9.84 Å². The highest BCUT2D eigenvalue weighted by molar-refractivity contribution is 9.10. The lowest BCUT2D eigenvalue weighted by atomic mass is 10.1. The first kappa shape index (κ1) is 12.4. The van der Waals surface area contributed by atoms with Crippen LogP contribution >= 0.6 is 15.9 Å². The van der Waals surface area contributed by atoms with E-state index in [9.17, 15) is 0 Å². The van der Waals surface area contributed by atoms with Crippen LogP contribution in [0.4, 0.5) is 0 Å². The normalized spacial score (nSPS) is 12.4. The minimum atomic E-state index is -0.0368. The Bertz CT molecular complexity index is 312. The maximum atomic E-state index is 8.74. The molecule has 0 bridgehead atoms. The summed E-state index contributed by atoms with van der Waals surface area (Å²) in [4.78, 5) is 0. The average Bonchev–Trinajstić information content (AvgIpc) is 2.25. The number of aliphatic hydroxyl groups is 1. The van der Waals surface area contributed by atoms with E-state index >= 15 is 0 Å². The SMILES string of the molecule is C=CCC(OCCO)c1ccccc1Br. The lowest BCUT2D eigenvalue weighted by Crippen LogP contribution is -2.07. The van der Waals surface area contributed by atoms with E-state index in [1.54, 1.807) is 0 Å². The van der Waals surface area contributed by atoms with Crippen molar-refractivity contribution in [3.8, 4) is 0 Å². The van der Waals surface area contributed by atoms with Crippen molar-refractivity contribution in [3.05, 3.63) is 47.0 Å². The Morgan fingerprint density at radius 2 is 2.20 bits per heavy atom. The van der Waals surface area contributed by atoms with Crippen LogP contribution in [0.15, 0.2) is 41.4 Å². The molecule has 1 unspecified atom stereocenters. The first-order chi connectivity index (χ1) is 7.29. The van der Waals surface area contributed by atoms with E-state index in [-0.39, 0.29) is 12.7 Å². The van der Waals surface area contributed by atoms with Gasteiger partial charge in [0.1, 0.15) is 0 Å². The first-order valence-corrected chi connectivity index (χ1v) is 5.66. The molecule has 2 nitrogen and oxygen atoms in total. The van der Waals surface area contributed by atoms with Crippen LogP contribution in [0.25, 0.3) is 0 Å². The second-order valence-electron chi connectivity index (χ2n) is 3.13. The molecule has 0 fully saturated rings. The number of benzene rings is 1. The minimum absolute atomic E-state index is 0.0368. The number of ether oxygens (including phenoxy) is 1. The summed E-state index contributed by atoms with van der Waals surface area (Å²) in [5.41, 5.74) is 1.09. The number of hydrogen-bond donors (Lipinski definition) is 1. The molecule has 0 heterocycles. The Balaban J connectivity index is 2.78. The average molecular weight is 271 g/mol. The Morgan fingerprint density at radius 1 is 1.47 bits per heavy atom. The summed E-state index contributed by atoms with van der Waals surface area (Å²) in [6, 6.07) is 7.92. The predicted molar refractivity (Wildman–Crippen MR) is 64.7 cm³/mol. The molecule has 82 valence electrons. The van der Waals surface area contributed by atoms with Crippen LogP contribution in [-0.4, -0.2) is 18.3 Å². The summed E-state index contributed by atoms with van der Waals surface area (Å²) in [5, 5.41) is 8.74. The van der Waals surface area contributed by atoms with E-state index in [1.807, 2.05) is 30.3 Å². The van der Waals surface area contributed by atoms with Crippen LogP contribution in [0, 0.1) is 0 Å². The fraction of sp³-hybridized carbons (Fsp3) is 0.333. The summed E-state index contributed by atoms with van der Waals surface area (Å²) in [6.07, 6.45) is 2.52. The number of hydrogen-bond acceptors (Lipinski definition) is 2. The third kappa shape index (κ3) is 3.78. The fourth-order valence-electron chi connectivity index (χ4n) is 1.37. The molecule has 0 aliphatic heterocycles. The molecule has 0 aromatic heterocycles. The predicted octanol–water partition coefficient (Wildman–Crippen LogP) is 3.08. The highest BCUT2D eigenvalue weighted by Crippen LogP contribution is 2.28. The zero-order valence-electron chi connectivity index (χ0n) is 8.53. The van der Waals surface area contributed by atoms with Gasteiger partial charge in [0.25, 0.3) is 0 Å². The van der Waals surface area contributed by atoms with Crippen LogP contribution in [0.1, 0.15) is 18.1 Å². The summed E-state index contributed by atoms with van der Waals surface area (Å²) in [7, 11) is 0. The molecular weight excluding hydrogens is 256 g/mol. The molecule has 15 heavy (non-hydrogen) atoms. The third-order valence-electron chi connectivity index (χ3n) is 2.04. The van der Waals surface area contributed by atoms with Crippen molar-refractivity contribution in [2.45, 2.75) is 12.5 Å². The van der Waals surface area contributed by atoms with Crippen molar-refractivity contribution in [1.82, 2.24) is 0 Å². The summed E-state index contributed by atoms with van der Waals surface area (Å²) < 4.78 is 6.57. The van der Waals surface area contributed by atoms with Crippen LogP contribution in [-0.2, 0) is 4.74 Å². The van der Waals surface area contributed by atoms with Gasteiger partial charge in [-0.25, -0.2) is 0 Å². The fourth-order valence-corrected chi connectivity index (χ4v) is 1.91. The van der Waals surface area contributed by atoms with Gasteiger partial charge in [0.2, 0.25) is 0 Å². The van der Waals surface area contributed by atoms with Gasteiger partial charge in [0, 0.05) is 4.47 Å². The Kier molecular flexibility index (Phi) is 5.61. The number of aliphatic hydroxyl groups excluding tert-OH is 1. The molecular formula is C12H15BrO2. The summed E-state index contributed by atoms with van der Waals surface area (Å²) >= 11 is 3.48. The van der Waals surface area contributed by atoms with Gasteiger partial charge in [-0.3, -0.25) is 0 Å². The third-order valence-corrected chi connectivity index (χ3v) is 2.77. The molecule has 1 rings (SSSR count). The molecule has 1 aromatic carbocycles. The smallest absolute Gasteiger partial charge is 0.0871 e. The van der Waals surface area contributed by atoms with Gasteiger partial charge >= 0.3 is 0 Å². The second-order valence-corrected chi connectivity index (χ2v) is 3.98.